The molecule has 88 valence electrons. The summed E-state index contributed by atoms with van der Waals surface area (Å²) in [4.78, 5) is 8.52. The maximum atomic E-state index is 4.29. The highest BCUT2D eigenvalue weighted by atomic mass is 15.0. The number of rotatable bonds is 4. The van der Waals surface area contributed by atoms with E-state index in [4.69, 9.17) is 0 Å². The molecule has 0 amide bonds. The Balaban J connectivity index is 2.23. The molecule has 0 aliphatic carbocycles. The van der Waals surface area contributed by atoms with Crippen LogP contribution in [-0.4, -0.2) is 16.0 Å². The van der Waals surface area contributed by atoms with E-state index < -0.39 is 0 Å². The summed E-state index contributed by atoms with van der Waals surface area (Å²) >= 11 is 0. The lowest BCUT2D eigenvalue weighted by Gasteiger charge is -2.12. The second kappa shape index (κ2) is 5.43. The van der Waals surface area contributed by atoms with Crippen molar-refractivity contribution in [2.45, 2.75) is 26.3 Å². The van der Waals surface area contributed by atoms with E-state index in [-0.39, 0.29) is 0 Å². The van der Waals surface area contributed by atoms with Crippen LogP contribution in [0.15, 0.2) is 42.7 Å². The summed E-state index contributed by atoms with van der Waals surface area (Å²) in [7, 11) is 0. The minimum atomic E-state index is 0.425. The highest BCUT2D eigenvalue weighted by molar-refractivity contribution is 5.61. The average molecular weight is 227 g/mol. The Morgan fingerprint density at radius 1 is 1.18 bits per heavy atom. The monoisotopic (exact) mass is 227 g/mol. The Kier molecular flexibility index (Phi) is 3.70. The third-order valence-electron chi connectivity index (χ3n) is 2.74. The van der Waals surface area contributed by atoms with Crippen molar-refractivity contribution in [3.63, 3.8) is 0 Å². The minimum Gasteiger partial charge on any atom is -0.368 e. The first-order valence-corrected chi connectivity index (χ1v) is 5.93. The van der Waals surface area contributed by atoms with E-state index in [9.17, 15) is 0 Å². The standard InChI is InChI=1S/C14H17N3/c1-3-11(2)17-14-9-13(15-10-16-14)12-7-5-4-6-8-12/h4-11H,3H2,1-2H3,(H,15,16,17)/t11-/m0/s1. The van der Waals surface area contributed by atoms with Gasteiger partial charge in [0, 0.05) is 17.7 Å². The van der Waals surface area contributed by atoms with Crippen molar-refractivity contribution >= 4 is 5.82 Å². The molecule has 17 heavy (non-hydrogen) atoms. The number of nitrogens with one attached hydrogen (secondary N) is 1. The molecule has 0 aliphatic heterocycles. The molecule has 1 aromatic carbocycles. The average Bonchev–Trinajstić information content (AvgIpc) is 2.40. The van der Waals surface area contributed by atoms with Crippen LogP contribution in [0.25, 0.3) is 11.3 Å². The molecular formula is C14H17N3. The molecule has 1 aromatic heterocycles. The van der Waals surface area contributed by atoms with E-state index in [0.29, 0.717) is 6.04 Å². The summed E-state index contributed by atoms with van der Waals surface area (Å²) in [5.74, 6) is 0.883. The predicted octanol–water partition coefficient (Wildman–Crippen LogP) is 3.35. The highest BCUT2D eigenvalue weighted by Gasteiger charge is 2.03. The van der Waals surface area contributed by atoms with Crippen LogP contribution in [0.1, 0.15) is 20.3 Å². The lowest BCUT2D eigenvalue weighted by molar-refractivity contribution is 0.758. The first-order chi connectivity index (χ1) is 8.29. The largest absolute Gasteiger partial charge is 0.368 e. The van der Waals surface area contributed by atoms with Gasteiger partial charge in [-0.05, 0) is 13.3 Å². The first kappa shape index (κ1) is 11.6. The molecule has 2 aromatic rings. The Morgan fingerprint density at radius 3 is 2.65 bits per heavy atom. The molecule has 0 radical (unpaired) electrons. The van der Waals surface area contributed by atoms with Crippen LogP contribution in [0.2, 0.25) is 0 Å². The van der Waals surface area contributed by atoms with E-state index in [1.165, 1.54) is 0 Å². The van der Waals surface area contributed by atoms with Crippen LogP contribution in [0.4, 0.5) is 5.82 Å². The predicted molar refractivity (Wildman–Crippen MR) is 70.8 cm³/mol. The molecule has 1 atom stereocenters. The zero-order valence-corrected chi connectivity index (χ0v) is 10.2. The second-order valence-corrected chi connectivity index (χ2v) is 4.11. The Hall–Kier alpha value is -1.90. The van der Waals surface area contributed by atoms with E-state index in [1.54, 1.807) is 6.33 Å². The van der Waals surface area contributed by atoms with Crippen molar-refractivity contribution in [3.05, 3.63) is 42.7 Å². The topological polar surface area (TPSA) is 37.8 Å². The van der Waals surface area contributed by atoms with Crippen molar-refractivity contribution in [3.8, 4) is 11.3 Å². The van der Waals surface area contributed by atoms with Gasteiger partial charge in [-0.25, -0.2) is 9.97 Å². The number of hydrogen-bond acceptors (Lipinski definition) is 3. The minimum absolute atomic E-state index is 0.425. The number of hydrogen-bond donors (Lipinski definition) is 1. The molecule has 0 unspecified atom stereocenters. The van der Waals surface area contributed by atoms with Gasteiger partial charge in [-0.3, -0.25) is 0 Å². The summed E-state index contributed by atoms with van der Waals surface area (Å²) in [5, 5.41) is 3.35. The Bertz CT molecular complexity index is 468. The van der Waals surface area contributed by atoms with Crippen molar-refractivity contribution < 1.29 is 0 Å². The maximum absolute atomic E-state index is 4.29. The quantitative estimate of drug-likeness (QED) is 0.870. The zero-order valence-electron chi connectivity index (χ0n) is 10.2. The van der Waals surface area contributed by atoms with Gasteiger partial charge < -0.3 is 5.32 Å². The lowest BCUT2D eigenvalue weighted by Crippen LogP contribution is -2.14. The summed E-state index contributed by atoms with van der Waals surface area (Å²) in [6.07, 6.45) is 2.68. The fourth-order valence-electron chi connectivity index (χ4n) is 1.56. The molecule has 1 heterocycles. The second-order valence-electron chi connectivity index (χ2n) is 4.11. The van der Waals surface area contributed by atoms with E-state index >= 15 is 0 Å². The van der Waals surface area contributed by atoms with Gasteiger partial charge in [0.1, 0.15) is 12.1 Å². The lowest BCUT2D eigenvalue weighted by atomic mass is 10.1. The SMILES string of the molecule is CC[C@H](C)Nc1cc(-c2ccccc2)ncn1. The van der Waals surface area contributed by atoms with Gasteiger partial charge >= 0.3 is 0 Å². The molecule has 2 rings (SSSR count). The number of anilines is 1. The van der Waals surface area contributed by atoms with Crippen LogP contribution in [0, 0.1) is 0 Å². The van der Waals surface area contributed by atoms with Crippen LogP contribution >= 0.6 is 0 Å². The zero-order chi connectivity index (χ0) is 12.1. The first-order valence-electron chi connectivity index (χ1n) is 5.93. The van der Waals surface area contributed by atoms with Crippen LogP contribution in [-0.2, 0) is 0 Å². The van der Waals surface area contributed by atoms with Crippen molar-refractivity contribution in [2.24, 2.45) is 0 Å². The van der Waals surface area contributed by atoms with Gasteiger partial charge in [0.25, 0.3) is 0 Å². The van der Waals surface area contributed by atoms with Gasteiger partial charge in [0.05, 0.1) is 5.69 Å². The summed E-state index contributed by atoms with van der Waals surface area (Å²) in [5.41, 5.74) is 2.06. The smallest absolute Gasteiger partial charge is 0.130 e. The molecule has 3 heteroatoms. The number of nitrogens with zero attached hydrogens (tertiary/aromatic N) is 2. The fourth-order valence-corrected chi connectivity index (χ4v) is 1.56. The Labute approximate surface area is 102 Å². The Morgan fingerprint density at radius 2 is 1.94 bits per heavy atom. The van der Waals surface area contributed by atoms with E-state index in [2.05, 4.69) is 41.3 Å². The fraction of sp³-hybridized carbons (Fsp3) is 0.286. The van der Waals surface area contributed by atoms with Gasteiger partial charge in [-0.2, -0.15) is 0 Å². The summed E-state index contributed by atoms with van der Waals surface area (Å²) in [6.45, 7) is 4.29. The third-order valence-corrected chi connectivity index (χ3v) is 2.74. The molecule has 0 spiro atoms. The van der Waals surface area contributed by atoms with E-state index in [0.717, 1.165) is 23.5 Å². The third kappa shape index (κ3) is 3.03. The number of aromatic nitrogens is 2. The molecule has 0 aliphatic rings. The molecule has 0 bridgehead atoms. The highest BCUT2D eigenvalue weighted by Crippen LogP contribution is 2.18. The van der Waals surface area contributed by atoms with Gasteiger partial charge in [-0.15, -0.1) is 0 Å². The van der Waals surface area contributed by atoms with Crippen molar-refractivity contribution in [1.82, 2.24) is 9.97 Å². The van der Waals surface area contributed by atoms with Crippen LogP contribution in [0.3, 0.4) is 0 Å². The number of benzene rings is 1. The molecular weight excluding hydrogens is 210 g/mol. The van der Waals surface area contributed by atoms with Gasteiger partial charge in [-0.1, -0.05) is 37.3 Å². The summed E-state index contributed by atoms with van der Waals surface area (Å²) in [6, 6.07) is 12.5. The normalized spacial score (nSPS) is 12.1. The summed E-state index contributed by atoms with van der Waals surface area (Å²) < 4.78 is 0. The van der Waals surface area contributed by atoms with Crippen molar-refractivity contribution in [2.75, 3.05) is 5.32 Å². The maximum Gasteiger partial charge on any atom is 0.130 e. The van der Waals surface area contributed by atoms with Crippen LogP contribution < -0.4 is 5.32 Å². The van der Waals surface area contributed by atoms with E-state index in [1.807, 2.05) is 24.3 Å². The molecule has 0 fully saturated rings. The van der Waals surface area contributed by atoms with Crippen LogP contribution in [0.5, 0.6) is 0 Å². The molecule has 3 nitrogen and oxygen atoms in total. The van der Waals surface area contributed by atoms with Crippen molar-refractivity contribution in [1.29, 1.82) is 0 Å². The van der Waals surface area contributed by atoms with Gasteiger partial charge in [0.15, 0.2) is 0 Å². The molecule has 1 N–H and O–H groups in total. The molecule has 0 saturated heterocycles. The molecule has 0 saturated carbocycles. The van der Waals surface area contributed by atoms with Gasteiger partial charge in [0.2, 0.25) is 0 Å².